The molecule has 0 N–H and O–H groups in total. The van der Waals surface area contributed by atoms with Gasteiger partial charge in [0.1, 0.15) is 17.1 Å². The molecule has 1 aromatic carbocycles. The van der Waals surface area contributed by atoms with Gasteiger partial charge in [0.05, 0.1) is 19.9 Å². The van der Waals surface area contributed by atoms with Gasteiger partial charge in [-0.3, -0.25) is 4.90 Å². The van der Waals surface area contributed by atoms with Crippen molar-refractivity contribution in [3.05, 3.63) is 54.0 Å². The first kappa shape index (κ1) is 18.0. The lowest BCUT2D eigenvalue weighted by molar-refractivity contribution is 0.0596. The molecular weight excluding hydrogens is 336 g/mol. The third kappa shape index (κ3) is 4.43. The van der Waals surface area contributed by atoms with Gasteiger partial charge in [0, 0.05) is 26.2 Å². The zero-order valence-electron chi connectivity index (χ0n) is 14.7. The van der Waals surface area contributed by atoms with Crippen molar-refractivity contribution in [3.63, 3.8) is 0 Å². The Labute approximate surface area is 152 Å². The molecule has 2 heterocycles. The fourth-order valence-electron chi connectivity index (χ4n) is 2.92. The zero-order chi connectivity index (χ0) is 18.4. The minimum Gasteiger partial charge on any atom is -0.467 e. The molecule has 138 valence electrons. The summed E-state index contributed by atoms with van der Waals surface area (Å²) in [7, 11) is 1.35. The molecule has 0 saturated carbocycles. The third-order valence-corrected chi connectivity index (χ3v) is 4.31. The van der Waals surface area contributed by atoms with E-state index in [-0.39, 0.29) is 6.09 Å². The van der Waals surface area contributed by atoms with E-state index in [0.717, 1.165) is 13.0 Å². The second kappa shape index (κ2) is 8.53. The van der Waals surface area contributed by atoms with Crippen molar-refractivity contribution in [2.24, 2.45) is 0 Å². The summed E-state index contributed by atoms with van der Waals surface area (Å²) in [5, 5.41) is 0. The molecule has 0 radical (unpaired) electrons. The largest absolute Gasteiger partial charge is 0.467 e. The van der Waals surface area contributed by atoms with E-state index >= 15 is 0 Å². The van der Waals surface area contributed by atoms with E-state index in [0.29, 0.717) is 43.3 Å². The number of hydrogen-bond acceptors (Lipinski definition) is 6. The van der Waals surface area contributed by atoms with Gasteiger partial charge in [-0.2, -0.15) is 0 Å². The van der Waals surface area contributed by atoms with Crippen LogP contribution >= 0.6 is 0 Å². The van der Waals surface area contributed by atoms with Crippen LogP contribution in [0.2, 0.25) is 0 Å². The molecule has 1 aliphatic heterocycles. The Kier molecular flexibility index (Phi) is 5.91. The number of ether oxygens (including phenoxy) is 2. The Balaban J connectivity index is 1.56. The van der Waals surface area contributed by atoms with E-state index in [1.165, 1.54) is 13.4 Å². The van der Waals surface area contributed by atoms with Gasteiger partial charge in [-0.05, 0) is 24.6 Å². The van der Waals surface area contributed by atoms with Gasteiger partial charge in [0.25, 0.3) is 0 Å². The molecule has 1 amide bonds. The molecule has 0 aliphatic carbocycles. The van der Waals surface area contributed by atoms with E-state index in [4.69, 9.17) is 13.9 Å². The number of furan rings is 1. The molecule has 1 aliphatic rings. The number of nitrogens with zero attached hydrogens (tertiary/aromatic N) is 2. The first-order chi connectivity index (χ1) is 12.7. The summed E-state index contributed by atoms with van der Waals surface area (Å²) in [5.41, 5.74) is 0.442. The summed E-state index contributed by atoms with van der Waals surface area (Å²) in [4.78, 5) is 27.9. The standard InChI is InChI=1S/C19H22N2O5/c1-24-18(22)16-8-13-25-17(16)14-20-9-5-10-21(12-11-20)19(23)26-15-6-3-2-4-7-15/h2-4,6-8,13H,5,9-12,14H2,1H3. The van der Waals surface area contributed by atoms with Crippen LogP contribution in [0.1, 0.15) is 22.5 Å². The van der Waals surface area contributed by atoms with Gasteiger partial charge in [-0.15, -0.1) is 0 Å². The van der Waals surface area contributed by atoms with Crippen molar-refractivity contribution < 1.29 is 23.5 Å². The van der Waals surface area contributed by atoms with Gasteiger partial charge in [-0.25, -0.2) is 9.59 Å². The van der Waals surface area contributed by atoms with Gasteiger partial charge in [0.2, 0.25) is 0 Å². The average molecular weight is 358 g/mol. The SMILES string of the molecule is COC(=O)c1ccoc1CN1CCCN(C(=O)Oc2ccccc2)CC1. The molecule has 1 saturated heterocycles. The molecule has 0 spiro atoms. The van der Waals surface area contributed by atoms with Crippen LogP contribution in [0.5, 0.6) is 5.75 Å². The maximum atomic E-state index is 12.3. The minimum absolute atomic E-state index is 0.341. The highest BCUT2D eigenvalue weighted by Gasteiger charge is 2.23. The normalized spacial score (nSPS) is 15.3. The van der Waals surface area contributed by atoms with E-state index < -0.39 is 5.97 Å². The van der Waals surface area contributed by atoms with E-state index in [1.807, 2.05) is 18.2 Å². The predicted octanol–water partition coefficient (Wildman–Crippen LogP) is 2.77. The van der Waals surface area contributed by atoms with Crippen molar-refractivity contribution in [2.45, 2.75) is 13.0 Å². The van der Waals surface area contributed by atoms with Crippen molar-refractivity contribution in [3.8, 4) is 5.75 Å². The lowest BCUT2D eigenvalue weighted by Crippen LogP contribution is -2.37. The highest BCUT2D eigenvalue weighted by molar-refractivity contribution is 5.90. The van der Waals surface area contributed by atoms with Gasteiger partial charge in [-0.1, -0.05) is 18.2 Å². The average Bonchev–Trinajstić information content (AvgIpc) is 2.99. The monoisotopic (exact) mass is 358 g/mol. The molecule has 0 unspecified atom stereocenters. The topological polar surface area (TPSA) is 72.2 Å². The minimum atomic E-state index is -0.406. The van der Waals surface area contributed by atoms with Crippen molar-refractivity contribution in [1.82, 2.24) is 9.80 Å². The molecule has 26 heavy (non-hydrogen) atoms. The van der Waals surface area contributed by atoms with Gasteiger partial charge in [0.15, 0.2) is 0 Å². The summed E-state index contributed by atoms with van der Waals surface area (Å²) in [6, 6.07) is 10.7. The van der Waals surface area contributed by atoms with Crippen LogP contribution < -0.4 is 4.74 Å². The maximum absolute atomic E-state index is 12.3. The fraction of sp³-hybridized carbons (Fsp3) is 0.368. The lowest BCUT2D eigenvalue weighted by Gasteiger charge is -2.21. The van der Waals surface area contributed by atoms with Crippen LogP contribution in [0.4, 0.5) is 4.79 Å². The number of para-hydroxylation sites is 1. The molecule has 0 atom stereocenters. The zero-order valence-corrected chi connectivity index (χ0v) is 14.7. The summed E-state index contributed by atoms with van der Waals surface area (Å²) in [5.74, 6) is 0.714. The Bertz CT molecular complexity index is 743. The van der Waals surface area contributed by atoms with Crippen LogP contribution in [0, 0.1) is 0 Å². The maximum Gasteiger partial charge on any atom is 0.415 e. The van der Waals surface area contributed by atoms with E-state index in [2.05, 4.69) is 4.90 Å². The summed E-state index contributed by atoms with van der Waals surface area (Å²) < 4.78 is 15.6. The van der Waals surface area contributed by atoms with Crippen LogP contribution in [-0.4, -0.2) is 55.2 Å². The first-order valence-electron chi connectivity index (χ1n) is 8.56. The molecule has 7 heteroatoms. The summed E-state index contributed by atoms with van der Waals surface area (Å²) >= 11 is 0. The lowest BCUT2D eigenvalue weighted by atomic mass is 10.2. The van der Waals surface area contributed by atoms with Gasteiger partial charge >= 0.3 is 12.1 Å². The second-order valence-electron chi connectivity index (χ2n) is 6.05. The number of hydrogen-bond donors (Lipinski definition) is 0. The van der Waals surface area contributed by atoms with Crippen LogP contribution in [-0.2, 0) is 11.3 Å². The summed E-state index contributed by atoms with van der Waals surface area (Å²) in [6.07, 6.45) is 1.97. The second-order valence-corrected chi connectivity index (χ2v) is 6.05. The molecule has 0 bridgehead atoms. The van der Waals surface area contributed by atoms with Crippen molar-refractivity contribution in [2.75, 3.05) is 33.3 Å². The summed E-state index contributed by atoms with van der Waals surface area (Å²) in [6.45, 7) is 3.16. The number of methoxy groups -OCH3 is 1. The molecule has 2 aromatic rings. The highest BCUT2D eigenvalue weighted by atomic mass is 16.6. The number of carbonyl (C=O) groups excluding carboxylic acids is 2. The van der Waals surface area contributed by atoms with E-state index in [1.54, 1.807) is 23.1 Å². The Morgan fingerprint density at radius 3 is 2.65 bits per heavy atom. The number of carbonyl (C=O) groups is 2. The molecule has 1 fully saturated rings. The fourth-order valence-corrected chi connectivity index (χ4v) is 2.92. The number of benzene rings is 1. The Morgan fingerprint density at radius 1 is 1.08 bits per heavy atom. The van der Waals surface area contributed by atoms with Crippen molar-refractivity contribution >= 4 is 12.1 Å². The first-order valence-corrected chi connectivity index (χ1v) is 8.56. The molecule has 3 rings (SSSR count). The van der Waals surface area contributed by atoms with Crippen LogP contribution in [0.25, 0.3) is 0 Å². The Morgan fingerprint density at radius 2 is 1.88 bits per heavy atom. The molecule has 7 nitrogen and oxygen atoms in total. The number of amides is 1. The number of rotatable bonds is 4. The van der Waals surface area contributed by atoms with E-state index in [9.17, 15) is 9.59 Å². The highest BCUT2D eigenvalue weighted by Crippen LogP contribution is 2.17. The third-order valence-electron chi connectivity index (χ3n) is 4.31. The number of esters is 1. The molecular formula is C19H22N2O5. The smallest absolute Gasteiger partial charge is 0.415 e. The quantitative estimate of drug-likeness (QED) is 0.783. The predicted molar refractivity (Wildman–Crippen MR) is 94.0 cm³/mol. The van der Waals surface area contributed by atoms with Crippen LogP contribution in [0.3, 0.4) is 0 Å². The van der Waals surface area contributed by atoms with Crippen LogP contribution in [0.15, 0.2) is 47.1 Å². The van der Waals surface area contributed by atoms with Gasteiger partial charge < -0.3 is 18.8 Å². The molecule has 1 aromatic heterocycles. The van der Waals surface area contributed by atoms with Crippen molar-refractivity contribution in [1.29, 1.82) is 0 Å². The Hall–Kier alpha value is -2.80.